The molecule has 0 saturated heterocycles. The maximum atomic E-state index is 11.3. The molecule has 0 spiro atoms. The van der Waals surface area contributed by atoms with Gasteiger partial charge in [-0.15, -0.1) is 0 Å². The van der Waals surface area contributed by atoms with Gasteiger partial charge in [-0.05, 0) is 19.8 Å². The van der Waals surface area contributed by atoms with Gasteiger partial charge in [-0.3, -0.25) is 4.79 Å². The number of hydrogen-bond acceptors (Lipinski definition) is 3. The van der Waals surface area contributed by atoms with E-state index < -0.39 is 11.4 Å². The first kappa shape index (κ1) is 8.97. The van der Waals surface area contributed by atoms with E-state index in [0.717, 1.165) is 0 Å². The van der Waals surface area contributed by atoms with Crippen LogP contribution in [-0.2, 0) is 14.3 Å². The fourth-order valence-electron chi connectivity index (χ4n) is 1.26. The maximum absolute atomic E-state index is 11.3. The molecule has 0 bridgehead atoms. The molecule has 1 rings (SSSR count). The van der Waals surface area contributed by atoms with Gasteiger partial charge in [0.15, 0.2) is 0 Å². The molecule has 0 amide bonds. The van der Waals surface area contributed by atoms with Crippen LogP contribution in [0.2, 0.25) is 0 Å². The van der Waals surface area contributed by atoms with E-state index in [2.05, 4.69) is 0 Å². The van der Waals surface area contributed by atoms with Crippen LogP contribution in [0.5, 0.6) is 0 Å². The molecule has 0 unspecified atom stereocenters. The summed E-state index contributed by atoms with van der Waals surface area (Å²) in [7, 11) is 0. The number of carbonyl (C=O) groups excluding carboxylic acids is 2. The van der Waals surface area contributed by atoms with E-state index in [1.54, 1.807) is 6.92 Å². The Hall–Kier alpha value is -1.12. The molecule has 0 fully saturated rings. The monoisotopic (exact) mass is 168 g/mol. The molecule has 0 aromatic heterocycles. The zero-order valence-corrected chi connectivity index (χ0v) is 7.08. The number of hydrogen-bond donors (Lipinski definition) is 0. The van der Waals surface area contributed by atoms with E-state index in [9.17, 15) is 9.59 Å². The zero-order valence-electron chi connectivity index (χ0n) is 7.08. The molecule has 0 aromatic carbocycles. The van der Waals surface area contributed by atoms with Gasteiger partial charge in [0.2, 0.25) is 0 Å². The Morgan fingerprint density at radius 2 is 2.17 bits per heavy atom. The number of esters is 1. The van der Waals surface area contributed by atoms with Gasteiger partial charge < -0.3 is 9.53 Å². The van der Waals surface area contributed by atoms with Gasteiger partial charge in [-0.1, -0.05) is 12.2 Å². The molecule has 3 nitrogen and oxygen atoms in total. The van der Waals surface area contributed by atoms with Crippen LogP contribution in [0.1, 0.15) is 19.8 Å². The Kier molecular flexibility index (Phi) is 2.63. The van der Waals surface area contributed by atoms with Crippen molar-refractivity contribution < 1.29 is 14.3 Å². The number of ether oxygens (including phenoxy) is 1. The largest absolute Gasteiger partial charge is 0.465 e. The van der Waals surface area contributed by atoms with Crippen molar-refractivity contribution in [2.45, 2.75) is 19.8 Å². The molecule has 3 heteroatoms. The van der Waals surface area contributed by atoms with Gasteiger partial charge in [-0.25, -0.2) is 0 Å². The molecule has 1 aliphatic rings. The summed E-state index contributed by atoms with van der Waals surface area (Å²) in [5.74, 6) is -0.398. The van der Waals surface area contributed by atoms with Crippen LogP contribution >= 0.6 is 0 Å². The van der Waals surface area contributed by atoms with Crippen molar-refractivity contribution in [1.29, 1.82) is 0 Å². The number of rotatable bonds is 3. The molecular formula is C9H12O3. The highest BCUT2D eigenvalue weighted by Gasteiger charge is 2.40. The molecule has 0 aliphatic heterocycles. The van der Waals surface area contributed by atoms with Gasteiger partial charge in [0.1, 0.15) is 11.7 Å². The maximum Gasteiger partial charge on any atom is 0.319 e. The van der Waals surface area contributed by atoms with Crippen LogP contribution in [0.3, 0.4) is 0 Å². The second kappa shape index (κ2) is 3.52. The number of allylic oxidation sites excluding steroid dienone is 2. The Balaban J connectivity index is 2.67. The molecule has 12 heavy (non-hydrogen) atoms. The van der Waals surface area contributed by atoms with Crippen LogP contribution in [0.25, 0.3) is 0 Å². The molecule has 66 valence electrons. The average molecular weight is 168 g/mol. The lowest BCUT2D eigenvalue weighted by atomic mass is 9.87. The van der Waals surface area contributed by atoms with Crippen LogP contribution in [-0.4, -0.2) is 18.9 Å². The van der Waals surface area contributed by atoms with Crippen molar-refractivity contribution in [3.8, 4) is 0 Å². The summed E-state index contributed by atoms with van der Waals surface area (Å²) in [4.78, 5) is 22.0. The SMILES string of the molecule is CCOC(=O)C1(C=O)CC=CC1. The second-order valence-electron chi connectivity index (χ2n) is 2.87. The van der Waals surface area contributed by atoms with Gasteiger partial charge in [0.05, 0.1) is 6.61 Å². The van der Waals surface area contributed by atoms with Crippen molar-refractivity contribution in [2.75, 3.05) is 6.61 Å². The molecule has 1 aliphatic carbocycles. The Morgan fingerprint density at radius 1 is 1.58 bits per heavy atom. The fourth-order valence-corrected chi connectivity index (χ4v) is 1.26. The van der Waals surface area contributed by atoms with Gasteiger partial charge in [0.25, 0.3) is 0 Å². The van der Waals surface area contributed by atoms with Gasteiger partial charge in [-0.2, -0.15) is 0 Å². The second-order valence-corrected chi connectivity index (χ2v) is 2.87. The van der Waals surface area contributed by atoms with Gasteiger partial charge >= 0.3 is 5.97 Å². The highest BCUT2D eigenvalue weighted by Crippen LogP contribution is 2.32. The Bertz CT molecular complexity index is 210. The molecule has 0 N–H and O–H groups in total. The lowest BCUT2D eigenvalue weighted by Gasteiger charge is -2.18. The summed E-state index contributed by atoms with van der Waals surface area (Å²) in [6.07, 6.45) is 5.34. The minimum atomic E-state index is -0.907. The summed E-state index contributed by atoms with van der Waals surface area (Å²) in [5.41, 5.74) is -0.907. The molecule has 0 aromatic rings. The average Bonchev–Trinajstić information content (AvgIpc) is 2.54. The van der Waals surface area contributed by atoms with Crippen molar-refractivity contribution in [3.63, 3.8) is 0 Å². The Labute approximate surface area is 71.4 Å². The molecular weight excluding hydrogens is 156 g/mol. The van der Waals surface area contributed by atoms with E-state index in [-0.39, 0.29) is 0 Å². The smallest absolute Gasteiger partial charge is 0.319 e. The van der Waals surface area contributed by atoms with E-state index in [1.807, 2.05) is 12.2 Å². The van der Waals surface area contributed by atoms with Crippen LogP contribution < -0.4 is 0 Å². The van der Waals surface area contributed by atoms with Crippen molar-refractivity contribution in [2.24, 2.45) is 5.41 Å². The first-order valence-electron chi connectivity index (χ1n) is 4.04. The van der Waals surface area contributed by atoms with Gasteiger partial charge in [0, 0.05) is 0 Å². The van der Waals surface area contributed by atoms with Crippen molar-refractivity contribution in [3.05, 3.63) is 12.2 Å². The quantitative estimate of drug-likeness (QED) is 0.274. The third-order valence-corrected chi connectivity index (χ3v) is 2.04. The third kappa shape index (κ3) is 1.40. The first-order valence-corrected chi connectivity index (χ1v) is 4.04. The summed E-state index contributed by atoms with van der Waals surface area (Å²) in [5, 5.41) is 0. The molecule has 0 radical (unpaired) electrons. The van der Waals surface area contributed by atoms with E-state index in [4.69, 9.17) is 4.74 Å². The Morgan fingerprint density at radius 3 is 2.58 bits per heavy atom. The lowest BCUT2D eigenvalue weighted by molar-refractivity contribution is -0.156. The normalized spacial score (nSPS) is 19.1. The predicted molar refractivity (Wildman–Crippen MR) is 43.5 cm³/mol. The van der Waals surface area contributed by atoms with Crippen molar-refractivity contribution in [1.82, 2.24) is 0 Å². The number of carbonyl (C=O) groups is 2. The predicted octanol–water partition coefficient (Wildman–Crippen LogP) is 1.08. The molecule has 0 atom stereocenters. The molecule has 0 heterocycles. The highest BCUT2D eigenvalue weighted by atomic mass is 16.5. The topological polar surface area (TPSA) is 43.4 Å². The minimum absolute atomic E-state index is 0.328. The number of aldehydes is 1. The minimum Gasteiger partial charge on any atom is -0.465 e. The zero-order chi connectivity index (χ0) is 9.03. The summed E-state index contributed by atoms with van der Waals surface area (Å²) in [6.45, 7) is 2.06. The van der Waals surface area contributed by atoms with Crippen LogP contribution in [0, 0.1) is 5.41 Å². The third-order valence-electron chi connectivity index (χ3n) is 2.04. The van der Waals surface area contributed by atoms with Crippen LogP contribution in [0.4, 0.5) is 0 Å². The first-order chi connectivity index (χ1) is 5.75. The van der Waals surface area contributed by atoms with E-state index >= 15 is 0 Å². The summed E-state index contributed by atoms with van der Waals surface area (Å²) < 4.78 is 4.81. The standard InChI is InChI=1S/C9H12O3/c1-2-12-8(11)9(7-10)5-3-4-6-9/h3-4,7H,2,5-6H2,1H3. The lowest BCUT2D eigenvalue weighted by Crippen LogP contribution is -2.31. The van der Waals surface area contributed by atoms with E-state index in [1.165, 1.54) is 0 Å². The highest BCUT2D eigenvalue weighted by molar-refractivity contribution is 5.94. The van der Waals surface area contributed by atoms with Crippen LogP contribution in [0.15, 0.2) is 12.2 Å². The fraction of sp³-hybridized carbons (Fsp3) is 0.556. The molecule has 0 saturated carbocycles. The van der Waals surface area contributed by atoms with E-state index in [0.29, 0.717) is 25.7 Å². The van der Waals surface area contributed by atoms with Crippen molar-refractivity contribution >= 4 is 12.3 Å². The summed E-state index contributed by atoms with van der Waals surface area (Å²) >= 11 is 0. The summed E-state index contributed by atoms with van der Waals surface area (Å²) in [6, 6.07) is 0.